The van der Waals surface area contributed by atoms with Crippen molar-refractivity contribution in [2.24, 2.45) is 5.41 Å². The van der Waals surface area contributed by atoms with Crippen molar-refractivity contribution in [3.63, 3.8) is 0 Å². The fourth-order valence-electron chi connectivity index (χ4n) is 3.88. The van der Waals surface area contributed by atoms with E-state index < -0.39 is 6.23 Å². The van der Waals surface area contributed by atoms with E-state index in [0.29, 0.717) is 6.73 Å². The highest BCUT2D eigenvalue weighted by molar-refractivity contribution is 5.21. The van der Waals surface area contributed by atoms with E-state index in [1.54, 1.807) is 0 Å². The number of unbranched alkanes of at least 4 members (excludes halogenated alkanes) is 3. The first kappa shape index (κ1) is 24.3. The lowest BCUT2D eigenvalue weighted by molar-refractivity contribution is -0.0774. The van der Waals surface area contributed by atoms with E-state index in [0.717, 1.165) is 56.1 Å². The van der Waals surface area contributed by atoms with Gasteiger partial charge in [0.2, 0.25) is 0 Å². The minimum absolute atomic E-state index is 0.158. The Morgan fingerprint density at radius 2 is 1.97 bits per heavy atom. The molecule has 1 aromatic rings. The molecule has 0 aromatic carbocycles. The monoisotopic (exact) mass is 409 g/mol. The predicted octanol–water partition coefficient (Wildman–Crippen LogP) is 2.99. The summed E-state index contributed by atoms with van der Waals surface area (Å²) in [6.45, 7) is 11.8. The number of nitrogens with one attached hydrogen (secondary N) is 2. The minimum atomic E-state index is -0.853. The summed E-state index contributed by atoms with van der Waals surface area (Å²) < 4.78 is 8.27. The fourth-order valence-corrected chi connectivity index (χ4v) is 3.88. The number of aliphatic hydroxyl groups excluding tert-OH is 1. The zero-order chi connectivity index (χ0) is 21.4. The third-order valence-electron chi connectivity index (χ3n) is 5.53. The van der Waals surface area contributed by atoms with E-state index in [1.807, 2.05) is 7.05 Å². The lowest BCUT2D eigenvalue weighted by Gasteiger charge is -2.33. The van der Waals surface area contributed by atoms with E-state index in [1.165, 1.54) is 19.3 Å². The summed E-state index contributed by atoms with van der Waals surface area (Å²) in [5.74, 6) is 1.12. The van der Waals surface area contributed by atoms with Crippen molar-refractivity contribution < 1.29 is 9.84 Å². The number of hydrogen-bond acceptors (Lipinski definition) is 6. The van der Waals surface area contributed by atoms with Crippen LogP contribution in [0.5, 0.6) is 0 Å². The van der Waals surface area contributed by atoms with Crippen LogP contribution >= 0.6 is 0 Å². The number of hydrogen-bond donors (Lipinski definition) is 3. The molecule has 0 amide bonds. The molecule has 0 radical (unpaired) electrons. The number of fused-ring (bicyclic) bond motifs is 1. The smallest absolute Gasteiger partial charge is 0.151 e. The summed E-state index contributed by atoms with van der Waals surface area (Å²) in [5, 5.41) is 17.4. The van der Waals surface area contributed by atoms with Crippen LogP contribution in [0.15, 0.2) is 0 Å². The summed E-state index contributed by atoms with van der Waals surface area (Å²) in [6, 6.07) is 0. The van der Waals surface area contributed by atoms with Gasteiger partial charge in [-0.1, -0.05) is 47.0 Å². The SMILES string of the molecule is CCCCCCc1nc(C(O)N[C@H](OCNC)C(C)(C)C)c2n1CCCN(C)C2. The Morgan fingerprint density at radius 1 is 1.21 bits per heavy atom. The minimum Gasteiger partial charge on any atom is -0.373 e. The molecule has 3 N–H and O–H groups in total. The van der Waals surface area contributed by atoms with Crippen LogP contribution in [-0.2, 0) is 24.2 Å². The molecular weight excluding hydrogens is 366 g/mol. The Morgan fingerprint density at radius 3 is 2.62 bits per heavy atom. The molecule has 1 aromatic heterocycles. The van der Waals surface area contributed by atoms with E-state index in [4.69, 9.17) is 9.72 Å². The average Bonchev–Trinajstić information content (AvgIpc) is 2.86. The molecule has 2 rings (SSSR count). The van der Waals surface area contributed by atoms with Gasteiger partial charge in [-0.25, -0.2) is 4.98 Å². The average molecular weight is 410 g/mol. The summed E-state index contributed by atoms with van der Waals surface area (Å²) in [6.07, 6.45) is 5.83. The van der Waals surface area contributed by atoms with Crippen LogP contribution in [0.25, 0.3) is 0 Å². The third-order valence-corrected chi connectivity index (χ3v) is 5.53. The molecule has 0 saturated heterocycles. The molecule has 1 aliphatic heterocycles. The predicted molar refractivity (Wildman–Crippen MR) is 117 cm³/mol. The molecule has 7 heteroatoms. The molecule has 0 bridgehead atoms. The van der Waals surface area contributed by atoms with Gasteiger partial charge in [-0.15, -0.1) is 0 Å². The molecule has 0 saturated carbocycles. The van der Waals surface area contributed by atoms with Crippen molar-refractivity contribution in [2.45, 2.75) is 91.8 Å². The number of aliphatic hydroxyl groups is 1. The summed E-state index contributed by atoms with van der Waals surface area (Å²) in [5.41, 5.74) is 1.73. The molecule has 0 aliphatic carbocycles. The van der Waals surface area contributed by atoms with Crippen molar-refractivity contribution in [1.82, 2.24) is 25.1 Å². The zero-order valence-electron chi connectivity index (χ0n) is 19.4. The Kier molecular flexibility index (Phi) is 9.56. The first-order chi connectivity index (χ1) is 13.8. The van der Waals surface area contributed by atoms with Gasteiger partial charge in [-0.05, 0) is 33.5 Å². The molecule has 0 spiro atoms. The first-order valence-electron chi connectivity index (χ1n) is 11.2. The summed E-state index contributed by atoms with van der Waals surface area (Å²) in [7, 11) is 3.99. The van der Waals surface area contributed by atoms with Gasteiger partial charge < -0.3 is 19.3 Å². The number of nitrogens with zero attached hydrogens (tertiary/aromatic N) is 3. The maximum atomic E-state index is 11.1. The first-order valence-corrected chi connectivity index (χ1v) is 11.2. The Hall–Kier alpha value is -0.990. The normalized spacial score (nSPS) is 17.8. The topological polar surface area (TPSA) is 74.6 Å². The molecular formula is C22H43N5O2. The molecule has 0 fully saturated rings. The van der Waals surface area contributed by atoms with Crippen molar-refractivity contribution >= 4 is 0 Å². The fraction of sp³-hybridized carbons (Fsp3) is 0.864. The number of imidazole rings is 1. The van der Waals surface area contributed by atoms with Gasteiger partial charge in [-0.2, -0.15) is 0 Å². The second-order valence-electron chi connectivity index (χ2n) is 9.39. The highest BCUT2D eigenvalue weighted by atomic mass is 16.5. The lowest BCUT2D eigenvalue weighted by Crippen LogP contribution is -2.46. The Labute approximate surface area is 177 Å². The quantitative estimate of drug-likeness (QED) is 0.385. The number of rotatable bonds is 11. The van der Waals surface area contributed by atoms with Gasteiger partial charge in [0.05, 0.1) is 12.4 Å². The van der Waals surface area contributed by atoms with Gasteiger partial charge in [0.1, 0.15) is 17.7 Å². The standard InChI is InChI=1S/C22H43N5O2/c1-7-8-9-10-12-18-24-19(17-15-26(6)13-11-14-27(17)18)20(28)25-21(22(2,3)4)29-16-23-5/h20-21,23,25,28H,7-16H2,1-6H3/t20?,21-/m1/s1. The molecule has 1 unspecified atom stereocenters. The van der Waals surface area contributed by atoms with E-state index in [9.17, 15) is 5.11 Å². The van der Waals surface area contributed by atoms with Gasteiger partial charge in [0.25, 0.3) is 0 Å². The van der Waals surface area contributed by atoms with Crippen LogP contribution in [0.3, 0.4) is 0 Å². The highest BCUT2D eigenvalue weighted by Gasteiger charge is 2.31. The second-order valence-corrected chi connectivity index (χ2v) is 9.39. The second kappa shape index (κ2) is 11.4. The van der Waals surface area contributed by atoms with Crippen molar-refractivity contribution in [1.29, 1.82) is 0 Å². The van der Waals surface area contributed by atoms with Crippen molar-refractivity contribution in [2.75, 3.05) is 27.4 Å². The molecule has 2 atom stereocenters. The van der Waals surface area contributed by atoms with E-state index >= 15 is 0 Å². The molecule has 29 heavy (non-hydrogen) atoms. The van der Waals surface area contributed by atoms with Crippen LogP contribution in [-0.4, -0.2) is 53.2 Å². The van der Waals surface area contributed by atoms with Gasteiger partial charge in [0, 0.05) is 24.9 Å². The molecule has 168 valence electrons. The van der Waals surface area contributed by atoms with Crippen molar-refractivity contribution in [3.05, 3.63) is 17.2 Å². The summed E-state index contributed by atoms with van der Waals surface area (Å²) in [4.78, 5) is 7.25. The van der Waals surface area contributed by atoms with Crippen LogP contribution in [0, 0.1) is 5.41 Å². The maximum absolute atomic E-state index is 11.1. The number of ether oxygens (including phenoxy) is 1. The van der Waals surface area contributed by atoms with Crippen LogP contribution in [0.1, 0.15) is 83.2 Å². The Bertz CT molecular complexity index is 611. The molecule has 2 heterocycles. The van der Waals surface area contributed by atoms with Crippen molar-refractivity contribution in [3.8, 4) is 0 Å². The van der Waals surface area contributed by atoms with Gasteiger partial charge >= 0.3 is 0 Å². The van der Waals surface area contributed by atoms with Crippen LogP contribution in [0.2, 0.25) is 0 Å². The number of aryl methyl sites for hydroxylation is 1. The lowest BCUT2D eigenvalue weighted by atomic mass is 9.94. The molecule has 1 aliphatic rings. The van der Waals surface area contributed by atoms with Gasteiger partial charge in [0.15, 0.2) is 6.23 Å². The number of aromatic nitrogens is 2. The largest absolute Gasteiger partial charge is 0.373 e. The highest BCUT2D eigenvalue weighted by Crippen LogP contribution is 2.27. The van der Waals surface area contributed by atoms with E-state index in [2.05, 4.69) is 54.8 Å². The third kappa shape index (κ3) is 7.03. The zero-order valence-corrected chi connectivity index (χ0v) is 19.4. The van der Waals surface area contributed by atoms with E-state index in [-0.39, 0.29) is 11.6 Å². The molecule has 7 nitrogen and oxygen atoms in total. The van der Waals surface area contributed by atoms with Crippen LogP contribution < -0.4 is 10.6 Å². The van der Waals surface area contributed by atoms with Crippen LogP contribution in [0.4, 0.5) is 0 Å². The Balaban J connectivity index is 2.23. The maximum Gasteiger partial charge on any atom is 0.151 e. The summed E-state index contributed by atoms with van der Waals surface area (Å²) >= 11 is 0. The van der Waals surface area contributed by atoms with Gasteiger partial charge in [-0.3, -0.25) is 10.6 Å².